The topological polar surface area (TPSA) is 78.9 Å². The van der Waals surface area contributed by atoms with Crippen LogP contribution in [-0.2, 0) is 28.6 Å². The van der Waals surface area contributed by atoms with Gasteiger partial charge in [0.05, 0.1) is 0 Å². The van der Waals surface area contributed by atoms with Crippen LogP contribution in [0.5, 0.6) is 0 Å². The van der Waals surface area contributed by atoms with E-state index in [4.69, 9.17) is 14.2 Å². The molecule has 0 heterocycles. The minimum atomic E-state index is -0.808. The summed E-state index contributed by atoms with van der Waals surface area (Å²) in [6, 6.07) is 0. The second-order valence-electron chi connectivity index (χ2n) is 19.5. The normalized spacial score (nSPS) is 12.8. The van der Waals surface area contributed by atoms with Crippen LogP contribution >= 0.6 is 0 Å². The van der Waals surface area contributed by atoms with Crippen LogP contribution in [-0.4, -0.2) is 37.2 Å². The smallest absolute Gasteiger partial charge is 0.306 e. The average molecular weight is 988 g/mol. The Hall–Kier alpha value is -3.67. The number of allylic oxidation sites excluding steroid dienone is 16. The Morgan fingerprint density at radius 1 is 0.296 bits per heavy atom. The summed E-state index contributed by atoms with van der Waals surface area (Å²) >= 11 is 0. The SMILES string of the molecule is CC/C=C\C/C=C\C/C=C\C/C=C\CCCCCCCCCCCCCCCCCCCCCCCCC(=O)OCC(COC(=O)CCCCCCC)OC(=O)CC/C=C\C/C=C\C/C=C\C/C=C\CC. The van der Waals surface area contributed by atoms with E-state index in [2.05, 4.69) is 106 Å². The highest BCUT2D eigenvalue weighted by molar-refractivity contribution is 5.71. The maximum absolute atomic E-state index is 12.7. The monoisotopic (exact) mass is 987 g/mol. The predicted molar refractivity (Wildman–Crippen MR) is 307 cm³/mol. The Kier molecular flexibility index (Phi) is 55.9. The maximum atomic E-state index is 12.7. The van der Waals surface area contributed by atoms with Crippen molar-refractivity contribution in [2.45, 2.75) is 284 Å². The van der Waals surface area contributed by atoms with Crippen LogP contribution in [0.4, 0.5) is 0 Å². The molecule has 0 aromatic heterocycles. The summed E-state index contributed by atoms with van der Waals surface area (Å²) in [6.45, 7) is 6.27. The van der Waals surface area contributed by atoms with Gasteiger partial charge in [0.2, 0.25) is 0 Å². The molecule has 0 spiro atoms. The number of hydrogen-bond acceptors (Lipinski definition) is 6. The molecule has 0 saturated carbocycles. The summed E-state index contributed by atoms with van der Waals surface area (Å²) in [6.07, 6.45) is 79.3. The third-order valence-corrected chi connectivity index (χ3v) is 12.6. The highest BCUT2D eigenvalue weighted by Gasteiger charge is 2.19. The Balaban J connectivity index is 3.90. The fraction of sp³-hybridized carbons (Fsp3) is 0.708. The van der Waals surface area contributed by atoms with Crippen LogP contribution in [0.1, 0.15) is 278 Å². The van der Waals surface area contributed by atoms with Crippen LogP contribution in [0.25, 0.3) is 0 Å². The van der Waals surface area contributed by atoms with Gasteiger partial charge in [-0.25, -0.2) is 0 Å². The van der Waals surface area contributed by atoms with Crippen LogP contribution < -0.4 is 0 Å². The molecule has 0 aliphatic rings. The molecule has 0 rings (SSSR count). The molecule has 71 heavy (non-hydrogen) atoms. The van der Waals surface area contributed by atoms with E-state index in [0.29, 0.717) is 19.3 Å². The molecule has 0 fully saturated rings. The summed E-state index contributed by atoms with van der Waals surface area (Å²) in [7, 11) is 0. The molecule has 6 heteroatoms. The number of carbonyl (C=O) groups excluding carboxylic acids is 3. The molecular weight excluding hydrogens is 877 g/mol. The Morgan fingerprint density at radius 3 is 0.915 bits per heavy atom. The van der Waals surface area contributed by atoms with E-state index in [1.54, 1.807) is 0 Å². The minimum absolute atomic E-state index is 0.103. The molecule has 406 valence electrons. The summed E-state index contributed by atoms with van der Waals surface area (Å²) in [5.74, 6) is -0.996. The van der Waals surface area contributed by atoms with Gasteiger partial charge in [-0.05, 0) is 83.5 Å². The Bertz CT molecular complexity index is 1410. The van der Waals surface area contributed by atoms with Crippen molar-refractivity contribution in [3.8, 4) is 0 Å². The lowest BCUT2D eigenvalue weighted by molar-refractivity contribution is -0.166. The molecular formula is C65H110O6. The number of ether oxygens (including phenoxy) is 3. The van der Waals surface area contributed by atoms with Crippen molar-refractivity contribution in [1.82, 2.24) is 0 Å². The zero-order valence-electron chi connectivity index (χ0n) is 46.5. The van der Waals surface area contributed by atoms with Crippen LogP contribution in [0.15, 0.2) is 97.2 Å². The molecule has 0 saturated heterocycles. The van der Waals surface area contributed by atoms with Crippen molar-refractivity contribution in [3.05, 3.63) is 97.2 Å². The highest BCUT2D eigenvalue weighted by atomic mass is 16.6. The second kappa shape index (κ2) is 58.9. The standard InChI is InChI=1S/C65H110O6/c1-4-7-10-13-15-17-19-21-22-23-24-25-26-27-28-29-30-31-32-33-34-35-36-37-38-39-40-41-42-44-45-47-49-52-55-58-64(67)70-61-62(60-69-63(66)57-54-51-12-9-6-3)71-65(68)59-56-53-50-48-46-43-20-18-16-14-11-8-5-2/h7-8,10-11,15-18,21-22,24-25,43,46,50,53,62H,4-6,9,12-14,19-20,23,26-42,44-45,47-49,51-52,54-61H2,1-3H3/b10-7-,11-8-,17-15-,18-16-,22-21-,25-24-,46-43-,53-50-. The van der Waals surface area contributed by atoms with Gasteiger partial charge in [0.1, 0.15) is 13.2 Å². The molecule has 0 aliphatic heterocycles. The van der Waals surface area contributed by atoms with Gasteiger partial charge in [0.25, 0.3) is 0 Å². The van der Waals surface area contributed by atoms with Crippen LogP contribution in [0, 0.1) is 0 Å². The number of carbonyl (C=O) groups is 3. The van der Waals surface area contributed by atoms with E-state index in [0.717, 1.165) is 103 Å². The van der Waals surface area contributed by atoms with Gasteiger partial charge < -0.3 is 14.2 Å². The van der Waals surface area contributed by atoms with Gasteiger partial charge in [0.15, 0.2) is 6.10 Å². The van der Waals surface area contributed by atoms with Gasteiger partial charge in [-0.3, -0.25) is 14.4 Å². The van der Waals surface area contributed by atoms with Crippen LogP contribution in [0.3, 0.4) is 0 Å². The summed E-state index contributed by atoms with van der Waals surface area (Å²) < 4.78 is 16.6. The van der Waals surface area contributed by atoms with E-state index in [-0.39, 0.29) is 31.6 Å². The van der Waals surface area contributed by atoms with Gasteiger partial charge in [-0.1, -0.05) is 272 Å². The maximum Gasteiger partial charge on any atom is 0.306 e. The second-order valence-corrected chi connectivity index (χ2v) is 19.5. The molecule has 1 atom stereocenters. The number of esters is 3. The van der Waals surface area contributed by atoms with Crippen molar-refractivity contribution in [2.24, 2.45) is 0 Å². The van der Waals surface area contributed by atoms with Gasteiger partial charge in [-0.15, -0.1) is 0 Å². The van der Waals surface area contributed by atoms with E-state index in [1.165, 1.54) is 128 Å². The molecule has 0 aromatic rings. The number of rotatable bonds is 53. The third-order valence-electron chi connectivity index (χ3n) is 12.6. The lowest BCUT2D eigenvalue weighted by Gasteiger charge is -2.18. The quantitative estimate of drug-likeness (QED) is 0.0261. The fourth-order valence-electron chi connectivity index (χ4n) is 8.21. The Labute approximate surface area is 438 Å². The largest absolute Gasteiger partial charge is 0.462 e. The molecule has 0 aliphatic carbocycles. The molecule has 0 bridgehead atoms. The first-order valence-electron chi connectivity index (χ1n) is 29.7. The van der Waals surface area contributed by atoms with Crippen molar-refractivity contribution < 1.29 is 28.6 Å². The first-order chi connectivity index (χ1) is 35.0. The number of unbranched alkanes of at least 4 members (excludes halogenated alkanes) is 26. The van der Waals surface area contributed by atoms with Crippen LogP contribution in [0.2, 0.25) is 0 Å². The van der Waals surface area contributed by atoms with Crippen molar-refractivity contribution >= 4 is 17.9 Å². The molecule has 1 unspecified atom stereocenters. The highest BCUT2D eigenvalue weighted by Crippen LogP contribution is 2.16. The lowest BCUT2D eigenvalue weighted by Crippen LogP contribution is -2.30. The summed E-state index contributed by atoms with van der Waals surface area (Å²) in [5, 5.41) is 0. The number of hydrogen-bond donors (Lipinski definition) is 0. The van der Waals surface area contributed by atoms with E-state index >= 15 is 0 Å². The minimum Gasteiger partial charge on any atom is -0.462 e. The Morgan fingerprint density at radius 2 is 0.577 bits per heavy atom. The first kappa shape index (κ1) is 67.3. The average Bonchev–Trinajstić information content (AvgIpc) is 3.37. The van der Waals surface area contributed by atoms with Gasteiger partial charge in [0, 0.05) is 19.3 Å². The van der Waals surface area contributed by atoms with Gasteiger partial charge >= 0.3 is 17.9 Å². The first-order valence-corrected chi connectivity index (χ1v) is 29.7. The van der Waals surface area contributed by atoms with Crippen molar-refractivity contribution in [1.29, 1.82) is 0 Å². The van der Waals surface area contributed by atoms with E-state index in [1.807, 2.05) is 12.2 Å². The predicted octanol–water partition coefficient (Wildman–Crippen LogP) is 20.1. The zero-order chi connectivity index (χ0) is 51.4. The van der Waals surface area contributed by atoms with Crippen molar-refractivity contribution in [2.75, 3.05) is 13.2 Å². The third kappa shape index (κ3) is 57.1. The molecule has 0 amide bonds. The zero-order valence-corrected chi connectivity index (χ0v) is 46.5. The molecule has 0 aromatic carbocycles. The lowest BCUT2D eigenvalue weighted by atomic mass is 10.0. The summed E-state index contributed by atoms with van der Waals surface area (Å²) in [4.78, 5) is 37.7. The fourth-order valence-corrected chi connectivity index (χ4v) is 8.21. The van der Waals surface area contributed by atoms with E-state index < -0.39 is 12.1 Å². The van der Waals surface area contributed by atoms with Gasteiger partial charge in [-0.2, -0.15) is 0 Å². The van der Waals surface area contributed by atoms with Crippen molar-refractivity contribution in [3.63, 3.8) is 0 Å². The molecule has 0 N–H and O–H groups in total. The molecule has 0 radical (unpaired) electrons. The van der Waals surface area contributed by atoms with E-state index in [9.17, 15) is 14.4 Å². The molecule has 6 nitrogen and oxygen atoms in total. The summed E-state index contributed by atoms with van der Waals surface area (Å²) in [5.41, 5.74) is 0.